The number of ether oxygens (including phenoxy) is 1. The highest BCUT2D eigenvalue weighted by Crippen LogP contribution is 2.38. The molecule has 22 heavy (non-hydrogen) atoms. The molecule has 2 N–H and O–H groups in total. The number of rotatable bonds is 4. The summed E-state index contributed by atoms with van der Waals surface area (Å²) < 4.78 is 5.49. The van der Waals surface area contributed by atoms with E-state index in [1.165, 1.54) is 25.7 Å². The molecule has 2 saturated heterocycles. The Hall–Kier alpha value is -0.650. The van der Waals surface area contributed by atoms with Gasteiger partial charge in [-0.25, -0.2) is 0 Å². The standard InChI is InChI=1S/C17H31N3O2/c1-14-4-7-18-13-15(14)19-16(21)12-17(5-2-3-6-17)20-8-10-22-11-9-20/h14-15,18H,2-13H2,1H3,(H,19,21). The Morgan fingerprint density at radius 1 is 1.32 bits per heavy atom. The second-order valence-electron chi connectivity index (χ2n) is 7.35. The molecular formula is C17H31N3O2. The molecule has 0 bridgehead atoms. The topological polar surface area (TPSA) is 53.6 Å². The Bertz CT molecular complexity index is 376. The lowest BCUT2D eigenvalue weighted by Crippen LogP contribution is -2.56. The summed E-state index contributed by atoms with van der Waals surface area (Å²) >= 11 is 0. The number of hydrogen-bond acceptors (Lipinski definition) is 4. The van der Waals surface area contributed by atoms with E-state index < -0.39 is 0 Å². The second kappa shape index (κ2) is 7.28. The van der Waals surface area contributed by atoms with Crippen molar-refractivity contribution in [1.82, 2.24) is 15.5 Å². The van der Waals surface area contributed by atoms with Crippen LogP contribution >= 0.6 is 0 Å². The summed E-state index contributed by atoms with van der Waals surface area (Å²) in [5.41, 5.74) is 0.0964. The largest absolute Gasteiger partial charge is 0.379 e. The fourth-order valence-electron chi connectivity index (χ4n) is 4.42. The van der Waals surface area contributed by atoms with E-state index >= 15 is 0 Å². The van der Waals surface area contributed by atoms with Crippen LogP contribution in [0.3, 0.4) is 0 Å². The average molecular weight is 309 g/mol. The van der Waals surface area contributed by atoms with Crippen LogP contribution in [0.2, 0.25) is 0 Å². The number of nitrogens with one attached hydrogen (secondary N) is 2. The molecule has 5 nitrogen and oxygen atoms in total. The highest BCUT2D eigenvalue weighted by atomic mass is 16.5. The van der Waals surface area contributed by atoms with E-state index in [1.54, 1.807) is 0 Å². The van der Waals surface area contributed by atoms with Gasteiger partial charge in [-0.1, -0.05) is 19.8 Å². The minimum Gasteiger partial charge on any atom is -0.379 e. The van der Waals surface area contributed by atoms with Crippen LogP contribution in [0.15, 0.2) is 0 Å². The van der Waals surface area contributed by atoms with Gasteiger partial charge in [0.2, 0.25) is 5.91 Å². The number of piperidine rings is 1. The first kappa shape index (κ1) is 16.2. The van der Waals surface area contributed by atoms with Crippen molar-refractivity contribution in [1.29, 1.82) is 0 Å². The molecule has 2 aliphatic heterocycles. The Kier molecular flexibility index (Phi) is 5.37. The van der Waals surface area contributed by atoms with Crippen molar-refractivity contribution >= 4 is 5.91 Å². The van der Waals surface area contributed by atoms with Crippen LogP contribution in [-0.4, -0.2) is 61.8 Å². The van der Waals surface area contributed by atoms with Gasteiger partial charge in [-0.2, -0.15) is 0 Å². The van der Waals surface area contributed by atoms with Gasteiger partial charge in [0.15, 0.2) is 0 Å². The van der Waals surface area contributed by atoms with Gasteiger partial charge in [-0.15, -0.1) is 0 Å². The summed E-state index contributed by atoms with van der Waals surface area (Å²) in [7, 11) is 0. The monoisotopic (exact) mass is 309 g/mol. The molecule has 3 rings (SSSR count). The molecule has 0 aromatic rings. The molecule has 0 radical (unpaired) electrons. The van der Waals surface area contributed by atoms with Crippen molar-refractivity contribution in [3.05, 3.63) is 0 Å². The van der Waals surface area contributed by atoms with Gasteiger partial charge >= 0.3 is 0 Å². The van der Waals surface area contributed by atoms with Crippen molar-refractivity contribution < 1.29 is 9.53 Å². The van der Waals surface area contributed by atoms with Crippen molar-refractivity contribution in [3.8, 4) is 0 Å². The Balaban J connectivity index is 1.59. The maximum absolute atomic E-state index is 12.7. The number of nitrogens with zero attached hydrogens (tertiary/aromatic N) is 1. The van der Waals surface area contributed by atoms with E-state index in [1.807, 2.05) is 0 Å². The summed E-state index contributed by atoms with van der Waals surface area (Å²) in [5, 5.41) is 6.70. The highest BCUT2D eigenvalue weighted by Gasteiger charge is 2.42. The lowest BCUT2D eigenvalue weighted by molar-refractivity contribution is -0.126. The number of morpholine rings is 1. The van der Waals surface area contributed by atoms with Crippen LogP contribution < -0.4 is 10.6 Å². The number of hydrogen-bond donors (Lipinski definition) is 2. The normalized spacial score (nSPS) is 32.8. The van der Waals surface area contributed by atoms with Crippen LogP contribution in [0.4, 0.5) is 0 Å². The molecule has 2 heterocycles. The van der Waals surface area contributed by atoms with Crippen molar-refractivity contribution in [2.75, 3.05) is 39.4 Å². The van der Waals surface area contributed by atoms with Gasteiger partial charge in [-0.05, 0) is 31.7 Å². The lowest BCUT2D eigenvalue weighted by Gasteiger charge is -2.43. The number of carbonyl (C=O) groups is 1. The molecule has 5 heteroatoms. The quantitative estimate of drug-likeness (QED) is 0.817. The van der Waals surface area contributed by atoms with Gasteiger partial charge < -0.3 is 15.4 Å². The smallest absolute Gasteiger partial charge is 0.222 e. The summed E-state index contributed by atoms with van der Waals surface area (Å²) in [5.74, 6) is 0.821. The van der Waals surface area contributed by atoms with Crippen molar-refractivity contribution in [2.45, 2.75) is 57.0 Å². The van der Waals surface area contributed by atoms with E-state index in [-0.39, 0.29) is 11.4 Å². The van der Waals surface area contributed by atoms with Gasteiger partial charge in [0.05, 0.1) is 13.2 Å². The first-order chi connectivity index (χ1) is 10.7. The van der Waals surface area contributed by atoms with E-state index in [2.05, 4.69) is 22.5 Å². The van der Waals surface area contributed by atoms with Crippen LogP contribution in [0, 0.1) is 5.92 Å². The molecule has 0 spiro atoms. The third-order valence-corrected chi connectivity index (χ3v) is 5.88. The zero-order valence-corrected chi connectivity index (χ0v) is 13.9. The molecular weight excluding hydrogens is 278 g/mol. The summed E-state index contributed by atoms with van der Waals surface area (Å²) in [4.78, 5) is 15.2. The predicted molar refractivity (Wildman–Crippen MR) is 86.8 cm³/mol. The van der Waals surface area contributed by atoms with Gasteiger partial charge in [-0.3, -0.25) is 9.69 Å². The fourth-order valence-corrected chi connectivity index (χ4v) is 4.42. The Morgan fingerprint density at radius 2 is 2.05 bits per heavy atom. The zero-order valence-electron chi connectivity index (χ0n) is 13.9. The predicted octanol–water partition coefficient (Wildman–Crippen LogP) is 1.14. The van der Waals surface area contributed by atoms with Crippen LogP contribution in [0.1, 0.15) is 45.4 Å². The summed E-state index contributed by atoms with van der Waals surface area (Å²) in [6.45, 7) is 7.82. The molecule has 3 aliphatic rings. The van der Waals surface area contributed by atoms with Crippen LogP contribution in [0.25, 0.3) is 0 Å². The lowest BCUT2D eigenvalue weighted by atomic mass is 9.89. The number of carbonyl (C=O) groups excluding carboxylic acids is 1. The Morgan fingerprint density at radius 3 is 2.73 bits per heavy atom. The van der Waals surface area contributed by atoms with E-state index in [9.17, 15) is 4.79 Å². The average Bonchev–Trinajstić information content (AvgIpc) is 3.00. The minimum atomic E-state index is 0.0964. The highest BCUT2D eigenvalue weighted by molar-refractivity contribution is 5.77. The van der Waals surface area contributed by atoms with Crippen molar-refractivity contribution in [3.63, 3.8) is 0 Å². The first-order valence-electron chi connectivity index (χ1n) is 9.02. The molecule has 3 fully saturated rings. The summed E-state index contributed by atoms with van der Waals surface area (Å²) in [6.07, 6.45) is 6.66. The molecule has 1 amide bonds. The van der Waals surface area contributed by atoms with Gasteiger partial charge in [0.1, 0.15) is 0 Å². The molecule has 126 valence electrons. The SMILES string of the molecule is CC1CCNCC1NC(=O)CC1(N2CCOCC2)CCCC1. The molecule has 0 aromatic heterocycles. The maximum atomic E-state index is 12.7. The van der Waals surface area contributed by atoms with Crippen LogP contribution in [0.5, 0.6) is 0 Å². The fraction of sp³-hybridized carbons (Fsp3) is 0.941. The van der Waals surface area contributed by atoms with Crippen molar-refractivity contribution in [2.24, 2.45) is 5.92 Å². The summed E-state index contributed by atoms with van der Waals surface area (Å²) in [6, 6.07) is 0.296. The van der Waals surface area contributed by atoms with Gasteiger partial charge in [0, 0.05) is 37.6 Å². The van der Waals surface area contributed by atoms with Crippen LogP contribution in [-0.2, 0) is 9.53 Å². The minimum absolute atomic E-state index is 0.0964. The molecule has 1 aliphatic carbocycles. The molecule has 2 unspecified atom stereocenters. The first-order valence-corrected chi connectivity index (χ1v) is 9.02. The molecule has 0 aromatic carbocycles. The Labute approximate surface area is 134 Å². The second-order valence-corrected chi connectivity index (χ2v) is 7.35. The third-order valence-electron chi connectivity index (χ3n) is 5.88. The third kappa shape index (κ3) is 3.63. The van der Waals surface area contributed by atoms with Gasteiger partial charge in [0.25, 0.3) is 0 Å². The zero-order chi connectivity index (χ0) is 15.4. The van der Waals surface area contributed by atoms with E-state index in [0.717, 1.165) is 45.8 Å². The molecule has 2 atom stereocenters. The number of amides is 1. The van der Waals surface area contributed by atoms with E-state index in [4.69, 9.17) is 4.74 Å². The van der Waals surface area contributed by atoms with E-state index in [0.29, 0.717) is 18.4 Å². The molecule has 1 saturated carbocycles. The maximum Gasteiger partial charge on any atom is 0.222 e.